The van der Waals surface area contributed by atoms with Gasteiger partial charge in [0.2, 0.25) is 5.95 Å². The maximum absolute atomic E-state index is 5.24. The summed E-state index contributed by atoms with van der Waals surface area (Å²) in [6.07, 6.45) is 3.54. The van der Waals surface area contributed by atoms with E-state index in [9.17, 15) is 0 Å². The van der Waals surface area contributed by atoms with Gasteiger partial charge in [0.1, 0.15) is 11.6 Å². The zero-order valence-corrected chi connectivity index (χ0v) is 13.7. The zero-order chi connectivity index (χ0) is 16.8. The molecule has 0 atom stereocenters. The van der Waals surface area contributed by atoms with Crippen molar-refractivity contribution in [3.63, 3.8) is 0 Å². The summed E-state index contributed by atoms with van der Waals surface area (Å²) in [7, 11) is 1.65. The topological polar surface area (TPSA) is 72.0 Å². The first-order valence-electron chi connectivity index (χ1n) is 7.62. The van der Waals surface area contributed by atoms with E-state index in [0.717, 1.165) is 28.5 Å². The van der Waals surface area contributed by atoms with Gasteiger partial charge in [-0.1, -0.05) is 6.07 Å². The molecule has 0 fully saturated rings. The Morgan fingerprint density at radius 2 is 1.88 bits per heavy atom. The first-order valence-corrected chi connectivity index (χ1v) is 7.62. The predicted octanol–water partition coefficient (Wildman–Crippen LogP) is 3.54. The highest BCUT2D eigenvalue weighted by atomic mass is 16.5. The molecule has 0 bridgehead atoms. The molecule has 0 aliphatic carbocycles. The molecule has 122 valence electrons. The van der Waals surface area contributed by atoms with Gasteiger partial charge in [-0.3, -0.25) is 4.98 Å². The molecule has 0 spiro atoms. The SMILES string of the molecule is COc1cccc(Nc2cc(C)nc(NCc3ccncc3)n2)c1. The van der Waals surface area contributed by atoms with Crippen molar-refractivity contribution in [1.29, 1.82) is 0 Å². The number of pyridine rings is 1. The van der Waals surface area contributed by atoms with E-state index in [1.807, 2.05) is 49.4 Å². The highest BCUT2D eigenvalue weighted by Gasteiger charge is 2.04. The summed E-state index contributed by atoms with van der Waals surface area (Å²) in [5.41, 5.74) is 2.91. The van der Waals surface area contributed by atoms with Gasteiger partial charge >= 0.3 is 0 Å². The Hall–Kier alpha value is -3.15. The molecule has 0 unspecified atom stereocenters. The third-order valence-electron chi connectivity index (χ3n) is 3.40. The minimum absolute atomic E-state index is 0.581. The minimum Gasteiger partial charge on any atom is -0.497 e. The lowest BCUT2D eigenvalue weighted by atomic mass is 10.3. The lowest BCUT2D eigenvalue weighted by Crippen LogP contribution is -2.06. The van der Waals surface area contributed by atoms with E-state index < -0.39 is 0 Å². The number of nitrogens with one attached hydrogen (secondary N) is 2. The number of anilines is 3. The molecule has 2 aromatic heterocycles. The van der Waals surface area contributed by atoms with Crippen molar-refractivity contribution < 1.29 is 4.74 Å². The number of ether oxygens (including phenoxy) is 1. The van der Waals surface area contributed by atoms with E-state index in [0.29, 0.717) is 12.5 Å². The molecule has 2 N–H and O–H groups in total. The van der Waals surface area contributed by atoms with Crippen molar-refractivity contribution in [2.75, 3.05) is 17.7 Å². The number of benzene rings is 1. The van der Waals surface area contributed by atoms with Crippen molar-refractivity contribution in [2.45, 2.75) is 13.5 Å². The molecule has 0 saturated carbocycles. The first-order chi connectivity index (χ1) is 11.7. The molecule has 0 aliphatic rings. The lowest BCUT2D eigenvalue weighted by Gasteiger charge is -2.10. The van der Waals surface area contributed by atoms with Crippen LogP contribution in [0, 0.1) is 6.92 Å². The molecule has 0 amide bonds. The average Bonchev–Trinajstić information content (AvgIpc) is 2.60. The van der Waals surface area contributed by atoms with Gasteiger partial charge in [-0.25, -0.2) is 4.98 Å². The average molecular weight is 321 g/mol. The highest BCUT2D eigenvalue weighted by Crippen LogP contribution is 2.21. The van der Waals surface area contributed by atoms with E-state index in [1.54, 1.807) is 19.5 Å². The fourth-order valence-electron chi connectivity index (χ4n) is 2.24. The zero-order valence-electron chi connectivity index (χ0n) is 13.7. The van der Waals surface area contributed by atoms with E-state index in [2.05, 4.69) is 25.6 Å². The molecule has 3 aromatic rings. The van der Waals surface area contributed by atoms with E-state index in [4.69, 9.17) is 4.74 Å². The number of rotatable bonds is 6. The summed E-state index contributed by atoms with van der Waals surface area (Å²) < 4.78 is 5.24. The van der Waals surface area contributed by atoms with Crippen LogP contribution in [0.5, 0.6) is 5.75 Å². The first kappa shape index (κ1) is 15.7. The van der Waals surface area contributed by atoms with Crippen LogP contribution < -0.4 is 15.4 Å². The van der Waals surface area contributed by atoms with Crippen molar-refractivity contribution in [3.8, 4) is 5.75 Å². The van der Waals surface area contributed by atoms with Crippen LogP contribution in [-0.2, 0) is 6.54 Å². The second kappa shape index (κ2) is 7.41. The Morgan fingerprint density at radius 3 is 2.67 bits per heavy atom. The standard InChI is InChI=1S/C18H19N5O/c1-13-10-17(22-15-4-3-5-16(11-15)24-2)23-18(21-13)20-12-14-6-8-19-9-7-14/h3-11H,12H2,1-2H3,(H2,20,21,22,23). The number of nitrogens with zero attached hydrogens (tertiary/aromatic N) is 3. The van der Waals surface area contributed by atoms with Crippen LogP contribution >= 0.6 is 0 Å². The number of aromatic nitrogens is 3. The summed E-state index contributed by atoms with van der Waals surface area (Å²) in [4.78, 5) is 12.9. The summed E-state index contributed by atoms with van der Waals surface area (Å²) in [6.45, 7) is 2.58. The van der Waals surface area contributed by atoms with Crippen molar-refractivity contribution >= 4 is 17.5 Å². The Balaban J connectivity index is 1.73. The summed E-state index contributed by atoms with van der Waals surface area (Å²) in [5.74, 6) is 2.10. The normalized spacial score (nSPS) is 10.2. The third-order valence-corrected chi connectivity index (χ3v) is 3.40. The Morgan fingerprint density at radius 1 is 1.04 bits per heavy atom. The van der Waals surface area contributed by atoms with Gasteiger partial charge < -0.3 is 15.4 Å². The number of aryl methyl sites for hydroxylation is 1. The fraction of sp³-hybridized carbons (Fsp3) is 0.167. The highest BCUT2D eigenvalue weighted by molar-refractivity contribution is 5.59. The van der Waals surface area contributed by atoms with Crippen LogP contribution in [0.2, 0.25) is 0 Å². The molecule has 0 aliphatic heterocycles. The molecule has 1 aromatic carbocycles. The summed E-state index contributed by atoms with van der Waals surface area (Å²) in [5, 5.41) is 6.51. The van der Waals surface area contributed by atoms with Crippen LogP contribution in [0.15, 0.2) is 54.9 Å². The third kappa shape index (κ3) is 4.19. The maximum atomic E-state index is 5.24. The van der Waals surface area contributed by atoms with Crippen LogP contribution in [0.25, 0.3) is 0 Å². The summed E-state index contributed by atoms with van der Waals surface area (Å²) >= 11 is 0. The smallest absolute Gasteiger partial charge is 0.225 e. The Labute approximate surface area is 141 Å². The van der Waals surface area contributed by atoms with Gasteiger partial charge in [-0.2, -0.15) is 4.98 Å². The molecular formula is C18H19N5O. The monoisotopic (exact) mass is 321 g/mol. The second-order valence-corrected chi connectivity index (χ2v) is 5.28. The van der Waals surface area contributed by atoms with Gasteiger partial charge in [-0.15, -0.1) is 0 Å². The van der Waals surface area contributed by atoms with E-state index in [1.165, 1.54) is 0 Å². The van der Waals surface area contributed by atoms with Crippen LogP contribution in [0.1, 0.15) is 11.3 Å². The van der Waals surface area contributed by atoms with Crippen LogP contribution in [0.3, 0.4) is 0 Å². The van der Waals surface area contributed by atoms with Gasteiger partial charge in [0.15, 0.2) is 0 Å². The molecule has 6 heteroatoms. The maximum Gasteiger partial charge on any atom is 0.225 e. The molecule has 2 heterocycles. The molecule has 0 saturated heterocycles. The molecule has 24 heavy (non-hydrogen) atoms. The number of hydrogen-bond acceptors (Lipinski definition) is 6. The van der Waals surface area contributed by atoms with E-state index >= 15 is 0 Å². The second-order valence-electron chi connectivity index (χ2n) is 5.28. The quantitative estimate of drug-likeness (QED) is 0.723. The van der Waals surface area contributed by atoms with Crippen LogP contribution in [-0.4, -0.2) is 22.1 Å². The predicted molar refractivity (Wildman–Crippen MR) is 94.6 cm³/mol. The van der Waals surface area contributed by atoms with E-state index in [-0.39, 0.29) is 0 Å². The number of hydrogen-bond donors (Lipinski definition) is 2. The van der Waals surface area contributed by atoms with Crippen LogP contribution in [0.4, 0.5) is 17.5 Å². The molecule has 3 rings (SSSR count). The van der Waals surface area contributed by atoms with Crippen molar-refractivity contribution in [3.05, 3.63) is 66.1 Å². The van der Waals surface area contributed by atoms with Gasteiger partial charge in [-0.05, 0) is 36.8 Å². The lowest BCUT2D eigenvalue weighted by molar-refractivity contribution is 0.415. The van der Waals surface area contributed by atoms with Gasteiger partial charge in [0.25, 0.3) is 0 Å². The van der Waals surface area contributed by atoms with Gasteiger partial charge in [0.05, 0.1) is 7.11 Å². The van der Waals surface area contributed by atoms with Crippen molar-refractivity contribution in [1.82, 2.24) is 15.0 Å². The minimum atomic E-state index is 0.581. The number of methoxy groups -OCH3 is 1. The summed E-state index contributed by atoms with van der Waals surface area (Å²) in [6, 6.07) is 13.5. The molecule has 6 nitrogen and oxygen atoms in total. The molecule has 0 radical (unpaired) electrons. The Bertz CT molecular complexity index is 808. The van der Waals surface area contributed by atoms with Gasteiger partial charge in [0, 0.05) is 42.5 Å². The fourth-order valence-corrected chi connectivity index (χ4v) is 2.24. The van der Waals surface area contributed by atoms with Crippen molar-refractivity contribution in [2.24, 2.45) is 0 Å². The largest absolute Gasteiger partial charge is 0.497 e. The Kier molecular flexibility index (Phi) is 4.86. The molecular weight excluding hydrogens is 302 g/mol.